The number of unbranched alkanes of at least 4 members (excludes halogenated alkanes) is 1. The Morgan fingerprint density at radius 3 is 2.86 bits per heavy atom. The Morgan fingerprint density at radius 2 is 2.07 bits per heavy atom. The molecule has 1 fully saturated rings. The first kappa shape index (κ1) is 20.5. The van der Waals surface area contributed by atoms with Crippen LogP contribution in [-0.4, -0.2) is 39.9 Å². The third kappa shape index (κ3) is 5.41. The zero-order valence-electron chi connectivity index (χ0n) is 17.0. The van der Waals surface area contributed by atoms with Crippen molar-refractivity contribution in [1.82, 2.24) is 20.2 Å². The maximum Gasteiger partial charge on any atom is 0.258 e. The number of nitrogens with zero attached hydrogens (tertiary/aromatic N) is 2. The predicted molar refractivity (Wildman–Crippen MR) is 112 cm³/mol. The van der Waals surface area contributed by atoms with Crippen molar-refractivity contribution in [2.45, 2.75) is 65.0 Å². The minimum atomic E-state index is -0.128. The molecule has 1 aromatic carbocycles. The molecular formula is C22H32N4O2. The van der Waals surface area contributed by atoms with E-state index < -0.39 is 0 Å². The fraction of sp³-hybridized carbons (Fsp3) is 0.591. The number of aromatic amines is 1. The molecular weight excluding hydrogens is 352 g/mol. The van der Waals surface area contributed by atoms with Crippen LogP contribution in [0.4, 0.5) is 0 Å². The number of hydrogen-bond donors (Lipinski definition) is 2. The molecule has 152 valence electrons. The number of hydrogen-bond acceptors (Lipinski definition) is 4. The molecule has 0 spiro atoms. The Bertz CT molecular complexity index is 848. The molecule has 1 heterocycles. The molecule has 0 radical (unpaired) electrons. The van der Waals surface area contributed by atoms with E-state index in [-0.39, 0.29) is 17.5 Å². The standard InChI is InChI=1S/C22H32N4O2/c1-3-4-13-26(15-21(27)24-18-11-7-5-9-16(18)2)14-20-23-19-12-8-6-10-17(19)22(28)25-20/h6,8,10,12,16,18H,3-5,7,9,11,13-15H2,1-2H3,(H,24,27)(H,23,25,28)/t16-,18+/m0/s1. The van der Waals surface area contributed by atoms with Gasteiger partial charge < -0.3 is 10.3 Å². The molecule has 0 unspecified atom stereocenters. The van der Waals surface area contributed by atoms with Crippen molar-refractivity contribution in [3.8, 4) is 0 Å². The quantitative estimate of drug-likeness (QED) is 0.732. The summed E-state index contributed by atoms with van der Waals surface area (Å²) >= 11 is 0. The maximum atomic E-state index is 12.7. The summed E-state index contributed by atoms with van der Waals surface area (Å²) in [5.74, 6) is 1.22. The van der Waals surface area contributed by atoms with E-state index in [4.69, 9.17) is 0 Å². The van der Waals surface area contributed by atoms with Crippen LogP contribution in [0.5, 0.6) is 0 Å². The SMILES string of the molecule is CCCCN(CC(=O)N[C@@H]1CCCC[C@@H]1C)Cc1nc2ccccc2c(=O)[nH]1. The Morgan fingerprint density at radius 1 is 1.29 bits per heavy atom. The Hall–Kier alpha value is -2.21. The minimum Gasteiger partial charge on any atom is -0.352 e. The van der Waals surface area contributed by atoms with E-state index in [1.807, 2.05) is 18.2 Å². The second-order valence-corrected chi connectivity index (χ2v) is 8.03. The van der Waals surface area contributed by atoms with Crippen LogP contribution in [-0.2, 0) is 11.3 Å². The third-order valence-electron chi connectivity index (χ3n) is 5.69. The van der Waals surface area contributed by atoms with Gasteiger partial charge in [0.1, 0.15) is 5.82 Å². The Labute approximate surface area is 166 Å². The molecule has 2 aromatic rings. The summed E-state index contributed by atoms with van der Waals surface area (Å²) in [4.78, 5) is 34.5. The van der Waals surface area contributed by atoms with Crippen LogP contribution >= 0.6 is 0 Å². The second-order valence-electron chi connectivity index (χ2n) is 8.03. The Kier molecular flexibility index (Phi) is 7.20. The fourth-order valence-electron chi connectivity index (χ4n) is 4.00. The normalized spacial score (nSPS) is 19.8. The van der Waals surface area contributed by atoms with Crippen LogP contribution in [0, 0.1) is 5.92 Å². The zero-order valence-corrected chi connectivity index (χ0v) is 17.0. The van der Waals surface area contributed by atoms with E-state index in [0.29, 0.717) is 35.7 Å². The molecule has 1 aliphatic rings. The van der Waals surface area contributed by atoms with Crippen molar-refractivity contribution < 1.29 is 4.79 Å². The van der Waals surface area contributed by atoms with Gasteiger partial charge in [-0.15, -0.1) is 0 Å². The van der Waals surface area contributed by atoms with Crippen molar-refractivity contribution in [2.24, 2.45) is 5.92 Å². The highest BCUT2D eigenvalue weighted by Crippen LogP contribution is 2.23. The van der Waals surface area contributed by atoms with E-state index in [0.717, 1.165) is 25.8 Å². The van der Waals surface area contributed by atoms with Gasteiger partial charge in [0.2, 0.25) is 5.91 Å². The number of carbonyl (C=O) groups is 1. The van der Waals surface area contributed by atoms with Gasteiger partial charge in [-0.2, -0.15) is 0 Å². The predicted octanol–water partition coefficient (Wildman–Crippen LogP) is 3.22. The number of benzene rings is 1. The van der Waals surface area contributed by atoms with Crippen LogP contribution in [0.2, 0.25) is 0 Å². The topological polar surface area (TPSA) is 78.1 Å². The smallest absolute Gasteiger partial charge is 0.258 e. The number of carbonyl (C=O) groups excluding carboxylic acids is 1. The lowest BCUT2D eigenvalue weighted by Crippen LogP contribution is -2.45. The lowest BCUT2D eigenvalue weighted by Gasteiger charge is -2.30. The highest BCUT2D eigenvalue weighted by atomic mass is 16.2. The van der Waals surface area contributed by atoms with E-state index in [9.17, 15) is 9.59 Å². The fourth-order valence-corrected chi connectivity index (χ4v) is 4.00. The molecule has 0 bridgehead atoms. The van der Waals surface area contributed by atoms with Crippen molar-refractivity contribution in [1.29, 1.82) is 0 Å². The molecule has 2 N–H and O–H groups in total. The van der Waals surface area contributed by atoms with Gasteiger partial charge in [0.15, 0.2) is 0 Å². The van der Waals surface area contributed by atoms with E-state index in [1.165, 1.54) is 19.3 Å². The molecule has 0 saturated heterocycles. The average Bonchev–Trinajstić information content (AvgIpc) is 2.68. The van der Waals surface area contributed by atoms with Crippen molar-refractivity contribution in [3.05, 3.63) is 40.4 Å². The minimum absolute atomic E-state index is 0.0676. The lowest BCUT2D eigenvalue weighted by molar-refractivity contribution is -0.123. The van der Waals surface area contributed by atoms with Gasteiger partial charge in [-0.05, 0) is 43.9 Å². The maximum absolute atomic E-state index is 12.7. The van der Waals surface area contributed by atoms with Crippen molar-refractivity contribution in [3.63, 3.8) is 0 Å². The molecule has 28 heavy (non-hydrogen) atoms. The number of para-hydroxylation sites is 1. The molecule has 6 heteroatoms. The van der Waals surface area contributed by atoms with Crippen LogP contribution in [0.1, 0.15) is 58.2 Å². The van der Waals surface area contributed by atoms with Gasteiger partial charge in [-0.3, -0.25) is 14.5 Å². The average molecular weight is 385 g/mol. The van der Waals surface area contributed by atoms with Gasteiger partial charge in [-0.1, -0.05) is 45.2 Å². The summed E-state index contributed by atoms with van der Waals surface area (Å²) in [5, 5.41) is 3.82. The molecule has 1 amide bonds. The third-order valence-corrected chi connectivity index (χ3v) is 5.69. The molecule has 6 nitrogen and oxygen atoms in total. The summed E-state index contributed by atoms with van der Waals surface area (Å²) in [6.45, 7) is 5.97. The molecule has 2 atom stereocenters. The highest BCUT2D eigenvalue weighted by Gasteiger charge is 2.23. The number of rotatable bonds is 8. The van der Waals surface area contributed by atoms with Crippen LogP contribution in [0.25, 0.3) is 10.9 Å². The molecule has 1 saturated carbocycles. The summed E-state index contributed by atoms with van der Waals surface area (Å²) in [6, 6.07) is 7.63. The monoisotopic (exact) mass is 384 g/mol. The Balaban J connectivity index is 1.68. The van der Waals surface area contributed by atoms with Crippen LogP contribution < -0.4 is 10.9 Å². The molecule has 1 aromatic heterocycles. The summed E-state index contributed by atoms with van der Waals surface area (Å²) in [6.07, 6.45) is 6.77. The number of amides is 1. The highest BCUT2D eigenvalue weighted by molar-refractivity contribution is 5.78. The summed E-state index contributed by atoms with van der Waals surface area (Å²) < 4.78 is 0. The van der Waals surface area contributed by atoms with Gasteiger partial charge in [0.05, 0.1) is 24.0 Å². The molecule has 3 rings (SSSR count). The first-order chi connectivity index (χ1) is 13.6. The van der Waals surface area contributed by atoms with Crippen molar-refractivity contribution >= 4 is 16.8 Å². The van der Waals surface area contributed by atoms with E-state index in [2.05, 4.69) is 34.0 Å². The molecule has 1 aliphatic carbocycles. The molecule has 0 aliphatic heterocycles. The zero-order chi connectivity index (χ0) is 19.9. The number of fused-ring (bicyclic) bond motifs is 1. The number of H-pyrrole nitrogens is 1. The first-order valence-electron chi connectivity index (χ1n) is 10.6. The van der Waals surface area contributed by atoms with Gasteiger partial charge in [-0.25, -0.2) is 4.98 Å². The second kappa shape index (κ2) is 9.82. The van der Waals surface area contributed by atoms with Gasteiger partial charge >= 0.3 is 0 Å². The van der Waals surface area contributed by atoms with Crippen LogP contribution in [0.3, 0.4) is 0 Å². The van der Waals surface area contributed by atoms with Gasteiger partial charge in [0.25, 0.3) is 5.56 Å². The first-order valence-corrected chi connectivity index (χ1v) is 10.6. The summed E-state index contributed by atoms with van der Waals surface area (Å²) in [5.41, 5.74) is 0.564. The lowest BCUT2D eigenvalue weighted by atomic mass is 9.86. The summed E-state index contributed by atoms with van der Waals surface area (Å²) in [7, 11) is 0. The largest absolute Gasteiger partial charge is 0.352 e. The van der Waals surface area contributed by atoms with Crippen molar-refractivity contribution in [2.75, 3.05) is 13.1 Å². The number of nitrogens with one attached hydrogen (secondary N) is 2. The van der Waals surface area contributed by atoms with E-state index >= 15 is 0 Å². The van der Waals surface area contributed by atoms with Crippen LogP contribution in [0.15, 0.2) is 29.1 Å². The number of aromatic nitrogens is 2. The van der Waals surface area contributed by atoms with E-state index in [1.54, 1.807) is 6.07 Å². The van der Waals surface area contributed by atoms with Gasteiger partial charge in [0, 0.05) is 6.04 Å².